The Bertz CT molecular complexity index is 477. The Hall–Kier alpha value is -1.42. The van der Waals surface area contributed by atoms with Crippen LogP contribution in [0.25, 0.3) is 0 Å². The predicted octanol–water partition coefficient (Wildman–Crippen LogP) is 0.843. The number of hydrogen-bond acceptors (Lipinski definition) is 3. The molecule has 2 rings (SSSR count). The van der Waals surface area contributed by atoms with Gasteiger partial charge in [-0.1, -0.05) is 6.08 Å². The highest BCUT2D eigenvalue weighted by Crippen LogP contribution is 2.18. The standard InChI is InChI=1S/C13H18N2O2/c1-2-5-11-13(17)15(8-9-16)12-7-4-3-6-10(12)14-11/h2,16H,1,3-9H2. The largest absolute Gasteiger partial charge is 0.395 e. The number of aliphatic hydroxyl groups is 1. The summed E-state index contributed by atoms with van der Waals surface area (Å²) >= 11 is 0. The Morgan fingerprint density at radius 2 is 2.18 bits per heavy atom. The van der Waals surface area contributed by atoms with Gasteiger partial charge >= 0.3 is 0 Å². The summed E-state index contributed by atoms with van der Waals surface area (Å²) in [7, 11) is 0. The Morgan fingerprint density at radius 3 is 2.88 bits per heavy atom. The number of aryl methyl sites for hydroxylation is 1. The summed E-state index contributed by atoms with van der Waals surface area (Å²) in [6.45, 7) is 4.01. The Kier molecular flexibility index (Phi) is 3.74. The maximum absolute atomic E-state index is 12.2. The molecule has 0 radical (unpaired) electrons. The Labute approximate surface area is 101 Å². The minimum Gasteiger partial charge on any atom is -0.395 e. The first-order valence-electron chi connectivity index (χ1n) is 6.11. The van der Waals surface area contributed by atoms with Gasteiger partial charge in [-0.05, 0) is 25.7 Å². The van der Waals surface area contributed by atoms with Gasteiger partial charge in [-0.15, -0.1) is 6.58 Å². The molecule has 0 spiro atoms. The topological polar surface area (TPSA) is 55.1 Å². The summed E-state index contributed by atoms with van der Waals surface area (Å²) in [5, 5.41) is 9.07. The number of hydrogen-bond donors (Lipinski definition) is 1. The van der Waals surface area contributed by atoms with Crippen molar-refractivity contribution >= 4 is 0 Å². The summed E-state index contributed by atoms with van der Waals surface area (Å²) in [6, 6.07) is 0. The fraction of sp³-hybridized carbons (Fsp3) is 0.538. The fourth-order valence-corrected chi connectivity index (χ4v) is 2.38. The van der Waals surface area contributed by atoms with E-state index in [1.165, 1.54) is 0 Å². The lowest BCUT2D eigenvalue weighted by atomic mass is 9.99. The molecule has 0 unspecified atom stereocenters. The monoisotopic (exact) mass is 234 g/mol. The molecule has 92 valence electrons. The lowest BCUT2D eigenvalue weighted by Gasteiger charge is -2.20. The van der Waals surface area contributed by atoms with Crippen LogP contribution < -0.4 is 5.56 Å². The van der Waals surface area contributed by atoms with Crippen LogP contribution in [0.5, 0.6) is 0 Å². The van der Waals surface area contributed by atoms with Crippen LogP contribution in [0.1, 0.15) is 29.9 Å². The fourth-order valence-electron chi connectivity index (χ4n) is 2.38. The second-order valence-corrected chi connectivity index (χ2v) is 4.33. The molecule has 1 aromatic rings. The first-order valence-corrected chi connectivity index (χ1v) is 6.11. The van der Waals surface area contributed by atoms with Crippen LogP contribution in [0.15, 0.2) is 17.4 Å². The van der Waals surface area contributed by atoms with E-state index in [0.29, 0.717) is 18.7 Å². The van der Waals surface area contributed by atoms with E-state index in [9.17, 15) is 4.79 Å². The average molecular weight is 234 g/mol. The van der Waals surface area contributed by atoms with E-state index in [1.54, 1.807) is 10.6 Å². The van der Waals surface area contributed by atoms with Crippen LogP contribution in [0.2, 0.25) is 0 Å². The van der Waals surface area contributed by atoms with Gasteiger partial charge in [0.25, 0.3) is 5.56 Å². The summed E-state index contributed by atoms with van der Waals surface area (Å²) < 4.78 is 1.69. The van der Waals surface area contributed by atoms with E-state index in [-0.39, 0.29) is 12.2 Å². The second-order valence-electron chi connectivity index (χ2n) is 4.33. The SMILES string of the molecule is C=CCc1nc2c(n(CCO)c1=O)CCCC2. The molecule has 17 heavy (non-hydrogen) atoms. The molecular weight excluding hydrogens is 216 g/mol. The highest BCUT2D eigenvalue weighted by Gasteiger charge is 2.18. The zero-order valence-electron chi connectivity index (χ0n) is 9.98. The predicted molar refractivity (Wildman–Crippen MR) is 66.1 cm³/mol. The van der Waals surface area contributed by atoms with Crippen molar-refractivity contribution in [2.24, 2.45) is 0 Å². The van der Waals surface area contributed by atoms with Crippen LogP contribution in [0, 0.1) is 0 Å². The van der Waals surface area contributed by atoms with Gasteiger partial charge in [0.05, 0.1) is 12.3 Å². The maximum Gasteiger partial charge on any atom is 0.272 e. The van der Waals surface area contributed by atoms with Crippen LogP contribution in [0.4, 0.5) is 0 Å². The summed E-state index contributed by atoms with van der Waals surface area (Å²) in [6.07, 6.45) is 6.25. The average Bonchev–Trinajstić information content (AvgIpc) is 2.35. The van der Waals surface area contributed by atoms with Crippen molar-refractivity contribution in [3.8, 4) is 0 Å². The third-order valence-corrected chi connectivity index (χ3v) is 3.16. The van der Waals surface area contributed by atoms with Gasteiger partial charge in [0.1, 0.15) is 5.69 Å². The maximum atomic E-state index is 12.2. The first kappa shape index (κ1) is 12.0. The zero-order chi connectivity index (χ0) is 12.3. The quantitative estimate of drug-likeness (QED) is 0.786. The van der Waals surface area contributed by atoms with Crippen LogP contribution in [-0.2, 0) is 25.8 Å². The summed E-state index contributed by atoms with van der Waals surface area (Å²) in [5.41, 5.74) is 2.53. The van der Waals surface area contributed by atoms with E-state index < -0.39 is 0 Å². The minimum absolute atomic E-state index is 0.0100. The van der Waals surface area contributed by atoms with E-state index >= 15 is 0 Å². The molecule has 1 N–H and O–H groups in total. The third-order valence-electron chi connectivity index (χ3n) is 3.16. The first-order chi connectivity index (χ1) is 8.27. The Morgan fingerprint density at radius 1 is 1.41 bits per heavy atom. The van der Waals surface area contributed by atoms with Gasteiger partial charge in [-0.2, -0.15) is 0 Å². The Balaban J connectivity index is 2.55. The van der Waals surface area contributed by atoms with Gasteiger partial charge in [0.2, 0.25) is 0 Å². The molecule has 1 heterocycles. The van der Waals surface area contributed by atoms with Crippen molar-refractivity contribution in [2.45, 2.75) is 38.6 Å². The molecule has 4 heteroatoms. The molecule has 1 aromatic heterocycles. The van der Waals surface area contributed by atoms with E-state index in [2.05, 4.69) is 11.6 Å². The molecule has 1 aliphatic rings. The van der Waals surface area contributed by atoms with Gasteiger partial charge in [-0.3, -0.25) is 4.79 Å². The van der Waals surface area contributed by atoms with Crippen molar-refractivity contribution in [3.63, 3.8) is 0 Å². The summed E-state index contributed by atoms with van der Waals surface area (Å²) in [5.74, 6) is 0. The number of rotatable bonds is 4. The van der Waals surface area contributed by atoms with Gasteiger partial charge in [-0.25, -0.2) is 4.98 Å². The number of fused-ring (bicyclic) bond motifs is 1. The van der Waals surface area contributed by atoms with Crippen LogP contribution in [0.3, 0.4) is 0 Å². The number of aromatic nitrogens is 2. The smallest absolute Gasteiger partial charge is 0.272 e. The van der Waals surface area contributed by atoms with Crippen LogP contribution >= 0.6 is 0 Å². The molecule has 0 aromatic carbocycles. The molecule has 0 atom stereocenters. The highest BCUT2D eigenvalue weighted by molar-refractivity contribution is 5.20. The molecule has 1 aliphatic carbocycles. The van der Waals surface area contributed by atoms with Gasteiger partial charge in [0, 0.05) is 18.7 Å². The van der Waals surface area contributed by atoms with Crippen molar-refractivity contribution in [3.05, 3.63) is 40.1 Å². The molecule has 0 aliphatic heterocycles. The molecule has 4 nitrogen and oxygen atoms in total. The van der Waals surface area contributed by atoms with Crippen molar-refractivity contribution < 1.29 is 5.11 Å². The minimum atomic E-state index is -0.0698. The number of aliphatic hydroxyl groups excluding tert-OH is 1. The lowest BCUT2D eigenvalue weighted by Crippen LogP contribution is -2.32. The van der Waals surface area contributed by atoms with Crippen molar-refractivity contribution in [1.29, 1.82) is 0 Å². The lowest BCUT2D eigenvalue weighted by molar-refractivity contribution is 0.270. The van der Waals surface area contributed by atoms with Crippen LogP contribution in [-0.4, -0.2) is 21.3 Å². The van der Waals surface area contributed by atoms with E-state index in [4.69, 9.17) is 5.11 Å². The summed E-state index contributed by atoms with van der Waals surface area (Å²) in [4.78, 5) is 16.6. The van der Waals surface area contributed by atoms with Gasteiger partial charge < -0.3 is 9.67 Å². The molecule has 0 bridgehead atoms. The highest BCUT2D eigenvalue weighted by atomic mass is 16.3. The molecule has 0 amide bonds. The number of allylic oxidation sites excluding steroid dienone is 1. The molecule has 0 saturated carbocycles. The normalized spacial score (nSPS) is 14.4. The van der Waals surface area contributed by atoms with E-state index in [0.717, 1.165) is 37.1 Å². The third kappa shape index (κ3) is 2.31. The number of nitrogens with zero attached hydrogens (tertiary/aromatic N) is 2. The molecule has 0 fully saturated rings. The van der Waals surface area contributed by atoms with Crippen molar-refractivity contribution in [1.82, 2.24) is 9.55 Å². The second kappa shape index (κ2) is 5.27. The molecular formula is C13H18N2O2. The van der Waals surface area contributed by atoms with Crippen molar-refractivity contribution in [2.75, 3.05) is 6.61 Å². The van der Waals surface area contributed by atoms with Gasteiger partial charge in [0.15, 0.2) is 0 Å². The molecule has 0 saturated heterocycles. The zero-order valence-corrected chi connectivity index (χ0v) is 9.98. The van der Waals surface area contributed by atoms with E-state index in [1.807, 2.05) is 0 Å².